The molecule has 2 N–H and O–H groups in total. The summed E-state index contributed by atoms with van der Waals surface area (Å²) in [5, 5.41) is 12.7. The quantitative estimate of drug-likeness (QED) is 0.837. The van der Waals surface area contributed by atoms with Crippen molar-refractivity contribution in [3.05, 3.63) is 59.7 Å². The first-order chi connectivity index (χ1) is 8.79. The molecule has 0 aliphatic rings. The van der Waals surface area contributed by atoms with Crippen molar-refractivity contribution in [2.75, 3.05) is 6.61 Å². The third kappa shape index (κ3) is 3.35. The number of nitrogens with zero attached hydrogens (tertiary/aromatic N) is 2. The van der Waals surface area contributed by atoms with E-state index in [4.69, 9.17) is 0 Å². The fraction of sp³-hybridized carbons (Fsp3) is 0.286. The van der Waals surface area contributed by atoms with Gasteiger partial charge in [-0.2, -0.15) is 0 Å². The van der Waals surface area contributed by atoms with E-state index in [-0.39, 0.29) is 12.6 Å². The normalized spacial score (nSPS) is 12.3. The highest BCUT2D eigenvalue weighted by molar-refractivity contribution is 5.19. The zero-order chi connectivity index (χ0) is 12.8. The van der Waals surface area contributed by atoms with Gasteiger partial charge in [0.15, 0.2) is 0 Å². The molecule has 0 bridgehead atoms. The molecule has 0 fully saturated rings. The maximum absolute atomic E-state index is 9.42. The SMILES string of the molecule is Cc1nccc(CN[C@@H](CO)c2ccccc2)n1. The molecule has 0 saturated carbocycles. The summed E-state index contributed by atoms with van der Waals surface area (Å²) >= 11 is 0. The molecule has 0 radical (unpaired) electrons. The highest BCUT2D eigenvalue weighted by Gasteiger charge is 2.09. The smallest absolute Gasteiger partial charge is 0.125 e. The number of hydrogen-bond donors (Lipinski definition) is 2. The predicted molar refractivity (Wildman–Crippen MR) is 69.9 cm³/mol. The number of aliphatic hydroxyl groups excluding tert-OH is 1. The lowest BCUT2D eigenvalue weighted by molar-refractivity contribution is 0.243. The Morgan fingerprint density at radius 1 is 1.22 bits per heavy atom. The first kappa shape index (κ1) is 12.7. The topological polar surface area (TPSA) is 58.0 Å². The highest BCUT2D eigenvalue weighted by atomic mass is 16.3. The minimum atomic E-state index is -0.0681. The molecule has 1 aromatic carbocycles. The van der Waals surface area contributed by atoms with Crippen LogP contribution in [0.3, 0.4) is 0 Å². The fourth-order valence-electron chi connectivity index (χ4n) is 1.80. The summed E-state index contributed by atoms with van der Waals surface area (Å²) < 4.78 is 0. The van der Waals surface area contributed by atoms with Crippen LogP contribution in [0, 0.1) is 6.92 Å². The van der Waals surface area contributed by atoms with Crippen LogP contribution < -0.4 is 5.32 Å². The minimum absolute atomic E-state index is 0.0636. The molecule has 0 aliphatic heterocycles. The van der Waals surface area contributed by atoms with Crippen LogP contribution in [0.25, 0.3) is 0 Å². The highest BCUT2D eigenvalue weighted by Crippen LogP contribution is 2.12. The van der Waals surface area contributed by atoms with Gasteiger partial charge in [0.05, 0.1) is 18.3 Å². The molecular weight excluding hydrogens is 226 g/mol. The molecule has 1 heterocycles. The van der Waals surface area contributed by atoms with Gasteiger partial charge in [0.1, 0.15) is 5.82 Å². The van der Waals surface area contributed by atoms with Gasteiger partial charge < -0.3 is 10.4 Å². The summed E-state index contributed by atoms with van der Waals surface area (Å²) in [6.07, 6.45) is 1.75. The monoisotopic (exact) mass is 243 g/mol. The van der Waals surface area contributed by atoms with E-state index in [0.717, 1.165) is 17.1 Å². The lowest BCUT2D eigenvalue weighted by Gasteiger charge is -2.16. The number of aliphatic hydroxyl groups is 1. The molecule has 0 saturated heterocycles. The molecule has 0 spiro atoms. The molecule has 0 unspecified atom stereocenters. The Kier molecular flexibility index (Phi) is 4.39. The van der Waals surface area contributed by atoms with E-state index in [1.807, 2.05) is 43.3 Å². The first-order valence-electron chi connectivity index (χ1n) is 5.97. The summed E-state index contributed by atoms with van der Waals surface area (Å²) in [6, 6.07) is 11.7. The van der Waals surface area contributed by atoms with Crippen LogP contribution in [0.1, 0.15) is 23.1 Å². The van der Waals surface area contributed by atoms with Crippen molar-refractivity contribution in [1.82, 2.24) is 15.3 Å². The van der Waals surface area contributed by atoms with Crippen LogP contribution in [0.15, 0.2) is 42.6 Å². The minimum Gasteiger partial charge on any atom is -0.394 e. The standard InChI is InChI=1S/C14H17N3O/c1-11-15-8-7-13(17-11)9-16-14(10-18)12-5-3-2-4-6-12/h2-8,14,16,18H,9-10H2,1H3/t14-/m0/s1. The number of hydrogen-bond acceptors (Lipinski definition) is 4. The number of nitrogens with one attached hydrogen (secondary N) is 1. The molecule has 0 amide bonds. The Morgan fingerprint density at radius 2 is 2.00 bits per heavy atom. The molecule has 2 rings (SSSR count). The Labute approximate surface area is 107 Å². The zero-order valence-electron chi connectivity index (χ0n) is 10.4. The predicted octanol–water partition coefficient (Wildman–Crippen LogP) is 1.61. The van der Waals surface area contributed by atoms with Gasteiger partial charge in [0.2, 0.25) is 0 Å². The van der Waals surface area contributed by atoms with Crippen LogP contribution in [-0.4, -0.2) is 21.7 Å². The summed E-state index contributed by atoms with van der Waals surface area (Å²) in [5.74, 6) is 0.759. The molecule has 18 heavy (non-hydrogen) atoms. The maximum Gasteiger partial charge on any atom is 0.125 e. The van der Waals surface area contributed by atoms with Crippen molar-refractivity contribution >= 4 is 0 Å². The molecule has 4 heteroatoms. The molecule has 4 nitrogen and oxygen atoms in total. The van der Waals surface area contributed by atoms with E-state index in [2.05, 4.69) is 15.3 Å². The van der Waals surface area contributed by atoms with Gasteiger partial charge in [-0.1, -0.05) is 30.3 Å². The van der Waals surface area contributed by atoms with Gasteiger partial charge in [0, 0.05) is 12.7 Å². The zero-order valence-corrected chi connectivity index (χ0v) is 10.4. The van der Waals surface area contributed by atoms with E-state index in [1.54, 1.807) is 6.20 Å². The number of aromatic nitrogens is 2. The van der Waals surface area contributed by atoms with E-state index >= 15 is 0 Å². The van der Waals surface area contributed by atoms with E-state index in [9.17, 15) is 5.11 Å². The molecular formula is C14H17N3O. The Morgan fingerprint density at radius 3 is 2.67 bits per heavy atom. The maximum atomic E-state index is 9.42. The van der Waals surface area contributed by atoms with Gasteiger partial charge in [-0.25, -0.2) is 9.97 Å². The van der Waals surface area contributed by atoms with Gasteiger partial charge in [-0.15, -0.1) is 0 Å². The second-order valence-corrected chi connectivity index (χ2v) is 4.12. The van der Waals surface area contributed by atoms with E-state index in [1.165, 1.54) is 0 Å². The van der Waals surface area contributed by atoms with Gasteiger partial charge in [0.25, 0.3) is 0 Å². The molecule has 0 aliphatic carbocycles. The van der Waals surface area contributed by atoms with Gasteiger partial charge in [-0.05, 0) is 18.6 Å². The van der Waals surface area contributed by atoms with Crippen molar-refractivity contribution < 1.29 is 5.11 Å². The summed E-state index contributed by atoms with van der Waals surface area (Å²) in [6.45, 7) is 2.54. The fourth-order valence-corrected chi connectivity index (χ4v) is 1.80. The molecule has 1 aromatic heterocycles. The largest absolute Gasteiger partial charge is 0.394 e. The Bertz CT molecular complexity index is 487. The van der Waals surface area contributed by atoms with Crippen molar-refractivity contribution in [1.29, 1.82) is 0 Å². The van der Waals surface area contributed by atoms with Gasteiger partial charge >= 0.3 is 0 Å². The Balaban J connectivity index is 2.00. The van der Waals surface area contributed by atoms with Crippen molar-refractivity contribution in [3.8, 4) is 0 Å². The third-order valence-corrected chi connectivity index (χ3v) is 2.75. The van der Waals surface area contributed by atoms with Crippen molar-refractivity contribution in [2.45, 2.75) is 19.5 Å². The molecule has 94 valence electrons. The number of aryl methyl sites for hydroxylation is 1. The average Bonchev–Trinajstić information content (AvgIpc) is 2.41. The van der Waals surface area contributed by atoms with E-state index in [0.29, 0.717) is 6.54 Å². The first-order valence-corrected chi connectivity index (χ1v) is 5.97. The second-order valence-electron chi connectivity index (χ2n) is 4.12. The van der Waals surface area contributed by atoms with Crippen molar-refractivity contribution in [2.24, 2.45) is 0 Å². The lowest BCUT2D eigenvalue weighted by Crippen LogP contribution is -2.24. The summed E-state index contributed by atoms with van der Waals surface area (Å²) in [7, 11) is 0. The van der Waals surface area contributed by atoms with Crippen LogP contribution in [0.2, 0.25) is 0 Å². The second kappa shape index (κ2) is 6.23. The Hall–Kier alpha value is -1.78. The molecule has 1 atom stereocenters. The van der Waals surface area contributed by atoms with Crippen LogP contribution in [0.5, 0.6) is 0 Å². The number of rotatable bonds is 5. The summed E-state index contributed by atoms with van der Waals surface area (Å²) in [5.41, 5.74) is 2.00. The van der Waals surface area contributed by atoms with Gasteiger partial charge in [-0.3, -0.25) is 0 Å². The van der Waals surface area contributed by atoms with Crippen LogP contribution in [-0.2, 0) is 6.54 Å². The molecule has 2 aromatic rings. The van der Waals surface area contributed by atoms with E-state index < -0.39 is 0 Å². The third-order valence-electron chi connectivity index (χ3n) is 2.75. The number of benzene rings is 1. The van der Waals surface area contributed by atoms with Crippen molar-refractivity contribution in [3.63, 3.8) is 0 Å². The average molecular weight is 243 g/mol. The lowest BCUT2D eigenvalue weighted by atomic mass is 10.1. The summed E-state index contributed by atoms with van der Waals surface area (Å²) in [4.78, 5) is 8.37. The van der Waals surface area contributed by atoms with Crippen LogP contribution in [0.4, 0.5) is 0 Å². The van der Waals surface area contributed by atoms with Crippen LogP contribution >= 0.6 is 0 Å².